The molecular formula is C26H21BrN2O3. The minimum Gasteiger partial charge on any atom is -0.493 e. The van der Waals surface area contributed by atoms with Gasteiger partial charge in [-0.25, -0.2) is 9.69 Å². The van der Waals surface area contributed by atoms with Gasteiger partial charge in [0, 0.05) is 21.9 Å². The number of nitrogens with zero attached hydrogens (tertiary/aromatic N) is 2. The number of para-hydroxylation sites is 1. The molecule has 6 heteroatoms. The number of fused-ring (bicyclic) bond motifs is 5. The summed E-state index contributed by atoms with van der Waals surface area (Å²) >= 11 is 3.43. The molecule has 0 saturated carbocycles. The van der Waals surface area contributed by atoms with Crippen LogP contribution in [0.2, 0.25) is 0 Å². The van der Waals surface area contributed by atoms with Crippen molar-refractivity contribution in [3.63, 3.8) is 0 Å². The summed E-state index contributed by atoms with van der Waals surface area (Å²) in [4.78, 5) is 31.1. The molecule has 2 fully saturated rings. The van der Waals surface area contributed by atoms with E-state index in [1.807, 2.05) is 66.4 Å². The summed E-state index contributed by atoms with van der Waals surface area (Å²) < 4.78 is 7.02. The van der Waals surface area contributed by atoms with Crippen LogP contribution < -0.4 is 9.64 Å². The summed E-state index contributed by atoms with van der Waals surface area (Å²) in [6, 6.07) is 24.7. The molecule has 160 valence electrons. The van der Waals surface area contributed by atoms with Crippen molar-refractivity contribution >= 4 is 33.6 Å². The lowest BCUT2D eigenvalue weighted by Crippen LogP contribution is -2.46. The molecule has 3 aliphatic heterocycles. The van der Waals surface area contributed by atoms with Crippen LogP contribution in [0.25, 0.3) is 0 Å². The summed E-state index contributed by atoms with van der Waals surface area (Å²) in [5.41, 5.74) is 1.59. The van der Waals surface area contributed by atoms with Gasteiger partial charge in [0.2, 0.25) is 0 Å². The van der Waals surface area contributed by atoms with Gasteiger partial charge >= 0.3 is 6.03 Å². The summed E-state index contributed by atoms with van der Waals surface area (Å²) in [5, 5.41) is 0. The summed E-state index contributed by atoms with van der Waals surface area (Å²) in [6.07, 6.45) is 0. The summed E-state index contributed by atoms with van der Waals surface area (Å²) in [5.74, 6) is 0.397. The van der Waals surface area contributed by atoms with Gasteiger partial charge in [-0.15, -0.1) is 0 Å². The molecule has 0 N–H and O–H groups in total. The second-order valence-electron chi connectivity index (χ2n) is 8.76. The molecule has 6 rings (SSSR count). The molecule has 5 nitrogen and oxygen atoms in total. The minimum absolute atomic E-state index is 0.0164. The maximum absolute atomic E-state index is 14.1. The summed E-state index contributed by atoms with van der Waals surface area (Å²) in [6.45, 7) is 2.39. The topological polar surface area (TPSA) is 49.9 Å². The molecule has 0 aliphatic carbocycles. The Balaban J connectivity index is 1.56. The number of hydrogen-bond acceptors (Lipinski definition) is 3. The maximum Gasteiger partial charge on any atom is 0.332 e. The Bertz CT molecular complexity index is 1230. The van der Waals surface area contributed by atoms with Crippen LogP contribution in [0.1, 0.15) is 30.0 Å². The number of hydrogen-bond donors (Lipinski definition) is 0. The van der Waals surface area contributed by atoms with E-state index in [4.69, 9.17) is 4.74 Å². The maximum atomic E-state index is 14.1. The van der Waals surface area contributed by atoms with E-state index < -0.39 is 5.54 Å². The van der Waals surface area contributed by atoms with Crippen molar-refractivity contribution in [3.05, 3.63) is 94.5 Å². The highest BCUT2D eigenvalue weighted by Crippen LogP contribution is 2.61. The number of imide groups is 1. The predicted octanol–water partition coefficient (Wildman–Crippen LogP) is 5.52. The third-order valence-electron chi connectivity index (χ3n) is 7.16. The molecule has 3 aromatic carbocycles. The van der Waals surface area contributed by atoms with Crippen LogP contribution in [-0.2, 0) is 4.79 Å². The first kappa shape index (κ1) is 19.6. The van der Waals surface area contributed by atoms with Gasteiger partial charge in [0.15, 0.2) is 0 Å². The Morgan fingerprint density at radius 2 is 1.62 bits per heavy atom. The molecule has 0 bridgehead atoms. The van der Waals surface area contributed by atoms with Gasteiger partial charge in [0.1, 0.15) is 11.3 Å². The van der Waals surface area contributed by atoms with E-state index in [1.165, 1.54) is 4.90 Å². The summed E-state index contributed by atoms with van der Waals surface area (Å²) in [7, 11) is 0. The van der Waals surface area contributed by atoms with E-state index in [2.05, 4.69) is 28.1 Å². The minimum atomic E-state index is -1.01. The number of benzene rings is 3. The Labute approximate surface area is 194 Å². The van der Waals surface area contributed by atoms with E-state index in [1.54, 1.807) is 12.1 Å². The molecule has 3 aliphatic rings. The number of carbonyl (C=O) groups excluding carboxylic acids is 2. The second-order valence-corrected chi connectivity index (χ2v) is 9.68. The first-order valence-corrected chi connectivity index (χ1v) is 11.5. The largest absolute Gasteiger partial charge is 0.493 e. The number of amides is 3. The molecule has 3 amide bonds. The predicted molar refractivity (Wildman–Crippen MR) is 125 cm³/mol. The number of halogens is 1. The Kier molecular flexibility index (Phi) is 4.24. The zero-order valence-electron chi connectivity index (χ0n) is 17.4. The average molecular weight is 489 g/mol. The number of ether oxygens (including phenoxy) is 1. The van der Waals surface area contributed by atoms with Gasteiger partial charge < -0.3 is 9.64 Å². The van der Waals surface area contributed by atoms with Crippen molar-refractivity contribution in [1.82, 2.24) is 4.90 Å². The van der Waals surface area contributed by atoms with E-state index in [9.17, 15) is 9.59 Å². The number of urea groups is 1. The fraction of sp³-hybridized carbons (Fsp3) is 0.231. The van der Waals surface area contributed by atoms with Crippen LogP contribution in [0.4, 0.5) is 10.5 Å². The zero-order chi connectivity index (χ0) is 22.0. The zero-order valence-corrected chi connectivity index (χ0v) is 19.0. The standard InChI is InChI=1S/C26H21BrN2O3/c1-26-22(16-7-3-2-4-8-16)20-15-32-21-10-6-5-9-19(21)23(20)29(26)25(31)28(24(26)30)18-13-11-17(27)12-14-18/h2-14,20,22-23H,15H2,1H3/t20-,22-,23-,26+/m1/s1. The van der Waals surface area contributed by atoms with Gasteiger partial charge in [0.25, 0.3) is 5.91 Å². The lowest BCUT2D eigenvalue weighted by Gasteiger charge is -2.34. The normalized spacial score (nSPS) is 28.2. The highest BCUT2D eigenvalue weighted by molar-refractivity contribution is 9.10. The van der Waals surface area contributed by atoms with Crippen molar-refractivity contribution in [1.29, 1.82) is 0 Å². The molecule has 32 heavy (non-hydrogen) atoms. The van der Waals surface area contributed by atoms with E-state index in [0.29, 0.717) is 12.3 Å². The molecule has 2 saturated heterocycles. The number of anilines is 1. The van der Waals surface area contributed by atoms with E-state index in [0.717, 1.165) is 21.3 Å². The lowest BCUT2D eigenvalue weighted by atomic mass is 9.73. The van der Waals surface area contributed by atoms with Crippen molar-refractivity contribution in [2.24, 2.45) is 5.92 Å². The molecule has 0 aromatic heterocycles. The van der Waals surface area contributed by atoms with Gasteiger partial charge in [0.05, 0.1) is 18.3 Å². The van der Waals surface area contributed by atoms with Crippen molar-refractivity contribution in [2.45, 2.75) is 24.4 Å². The van der Waals surface area contributed by atoms with Gasteiger partial charge in [-0.05, 0) is 42.8 Å². The first-order chi connectivity index (χ1) is 15.5. The lowest BCUT2D eigenvalue weighted by molar-refractivity contribution is -0.124. The van der Waals surface area contributed by atoms with Crippen LogP contribution >= 0.6 is 15.9 Å². The molecule has 3 aromatic rings. The van der Waals surface area contributed by atoms with Gasteiger partial charge in [-0.1, -0.05) is 64.5 Å². The van der Waals surface area contributed by atoms with E-state index in [-0.39, 0.29) is 29.8 Å². The Morgan fingerprint density at radius 3 is 2.38 bits per heavy atom. The SMILES string of the molecule is C[C@]12C(=O)N(c3ccc(Br)cc3)C(=O)N1[C@@H]1c3ccccc3OC[C@@H]1[C@H]2c1ccccc1. The number of rotatable bonds is 2. The van der Waals surface area contributed by atoms with E-state index >= 15 is 0 Å². The third kappa shape index (κ3) is 2.50. The molecule has 0 unspecified atom stereocenters. The fourth-order valence-electron chi connectivity index (χ4n) is 5.85. The second kappa shape index (κ2) is 6.94. The van der Waals surface area contributed by atoms with Gasteiger partial charge in [-0.2, -0.15) is 0 Å². The highest BCUT2D eigenvalue weighted by atomic mass is 79.9. The monoisotopic (exact) mass is 488 g/mol. The van der Waals surface area contributed by atoms with Crippen LogP contribution in [0.5, 0.6) is 5.75 Å². The van der Waals surface area contributed by atoms with Crippen LogP contribution in [-0.4, -0.2) is 29.0 Å². The third-order valence-corrected chi connectivity index (χ3v) is 7.69. The van der Waals surface area contributed by atoms with Crippen LogP contribution in [0.15, 0.2) is 83.3 Å². The smallest absolute Gasteiger partial charge is 0.332 e. The van der Waals surface area contributed by atoms with Crippen LogP contribution in [0, 0.1) is 5.92 Å². The molecule has 0 spiro atoms. The number of carbonyl (C=O) groups is 2. The van der Waals surface area contributed by atoms with Gasteiger partial charge in [-0.3, -0.25) is 4.79 Å². The van der Waals surface area contributed by atoms with Crippen LogP contribution in [0.3, 0.4) is 0 Å². The highest BCUT2D eigenvalue weighted by Gasteiger charge is 2.70. The Morgan fingerprint density at radius 1 is 0.938 bits per heavy atom. The Hall–Kier alpha value is -3.12. The average Bonchev–Trinajstić information content (AvgIpc) is 3.20. The first-order valence-electron chi connectivity index (χ1n) is 10.7. The van der Waals surface area contributed by atoms with Crippen molar-refractivity contribution in [2.75, 3.05) is 11.5 Å². The molecule has 0 radical (unpaired) electrons. The quantitative estimate of drug-likeness (QED) is 0.446. The molecule has 4 atom stereocenters. The van der Waals surface area contributed by atoms with Crippen molar-refractivity contribution in [3.8, 4) is 5.75 Å². The molecule has 3 heterocycles. The van der Waals surface area contributed by atoms with Crippen molar-refractivity contribution < 1.29 is 14.3 Å². The molecular weight excluding hydrogens is 468 g/mol. The fourth-order valence-corrected chi connectivity index (χ4v) is 6.12.